The van der Waals surface area contributed by atoms with Crippen molar-refractivity contribution in [3.63, 3.8) is 0 Å². The summed E-state index contributed by atoms with van der Waals surface area (Å²) in [5, 5.41) is 3.71. The van der Waals surface area contributed by atoms with Crippen LogP contribution in [0.4, 0.5) is 0 Å². The highest BCUT2D eigenvalue weighted by atomic mass is 32.2. The fourth-order valence-corrected chi connectivity index (χ4v) is 3.23. The maximum Gasteiger partial charge on any atom is 0.178 e. The first kappa shape index (κ1) is 15.7. The Balaban J connectivity index is 1.52. The third-order valence-corrected chi connectivity index (χ3v) is 4.01. The van der Waals surface area contributed by atoms with E-state index in [-0.39, 0.29) is 0 Å². The molecule has 0 unspecified atom stereocenters. The van der Waals surface area contributed by atoms with Crippen LogP contribution in [0.1, 0.15) is 12.8 Å². The molecule has 0 aromatic rings. The van der Waals surface area contributed by atoms with Crippen molar-refractivity contribution >= 4 is 57.2 Å². The number of hydrazine groups is 4. The molecule has 0 amide bonds. The van der Waals surface area contributed by atoms with Crippen molar-refractivity contribution in [1.29, 1.82) is 0 Å². The van der Waals surface area contributed by atoms with E-state index in [4.69, 9.17) is 28.1 Å². The average molecular weight is 341 g/mol. The normalized spacial score (nSPS) is 20.6. The predicted molar refractivity (Wildman–Crippen MR) is 86.4 cm³/mol. The van der Waals surface area contributed by atoms with Crippen LogP contribution < -0.4 is 21.7 Å². The molecule has 0 aromatic carbocycles. The molecular formula is C8H16N6OS4. The third-order valence-electron chi connectivity index (χ3n) is 2.39. The molecule has 4 N–H and O–H groups in total. The zero-order valence-corrected chi connectivity index (χ0v) is 13.4. The highest BCUT2D eigenvalue weighted by molar-refractivity contribution is 8.29. The second-order valence-electron chi connectivity index (χ2n) is 3.86. The second-order valence-corrected chi connectivity index (χ2v) is 6.89. The molecule has 7 nitrogen and oxygen atoms in total. The Bertz CT molecular complexity index is 290. The number of thiocarbonyl (C=S) groups is 2. The Labute approximate surface area is 131 Å². The Hall–Kier alpha value is 0.280. The van der Waals surface area contributed by atoms with Gasteiger partial charge >= 0.3 is 0 Å². The molecule has 0 radical (unpaired) electrons. The summed E-state index contributed by atoms with van der Waals surface area (Å²) in [4.78, 5) is 0. The van der Waals surface area contributed by atoms with Gasteiger partial charge in [-0.15, -0.1) is 0 Å². The van der Waals surface area contributed by atoms with E-state index >= 15 is 0 Å². The minimum atomic E-state index is 0.545. The summed E-state index contributed by atoms with van der Waals surface area (Å²) in [7, 11) is 0. The van der Waals surface area contributed by atoms with Crippen LogP contribution in [0.5, 0.6) is 0 Å². The SMILES string of the molecule is S=C(NN1CCCN1)SOSC(=S)NN1CCCN1. The maximum absolute atomic E-state index is 5.29. The highest BCUT2D eigenvalue weighted by Crippen LogP contribution is 2.17. The van der Waals surface area contributed by atoms with E-state index < -0.39 is 0 Å². The van der Waals surface area contributed by atoms with E-state index in [1.54, 1.807) is 0 Å². The summed E-state index contributed by atoms with van der Waals surface area (Å²) < 4.78 is 6.39. The molecule has 2 fully saturated rings. The minimum absolute atomic E-state index is 0.545. The summed E-state index contributed by atoms with van der Waals surface area (Å²) in [5.74, 6) is 0. The van der Waals surface area contributed by atoms with Crippen LogP contribution in [0.2, 0.25) is 0 Å². The van der Waals surface area contributed by atoms with Gasteiger partial charge in [0, 0.05) is 26.2 Å². The van der Waals surface area contributed by atoms with E-state index in [0.717, 1.165) is 63.1 Å². The monoisotopic (exact) mass is 340 g/mol. The van der Waals surface area contributed by atoms with E-state index in [9.17, 15) is 0 Å². The predicted octanol–water partition coefficient (Wildman–Crippen LogP) is 0.299. The number of hydrogen-bond acceptors (Lipinski definition) is 9. The lowest BCUT2D eigenvalue weighted by molar-refractivity contribution is 0.216. The molecule has 11 heteroatoms. The molecule has 2 heterocycles. The van der Waals surface area contributed by atoms with Crippen molar-refractivity contribution in [3.8, 4) is 0 Å². The van der Waals surface area contributed by atoms with Crippen LogP contribution in [-0.2, 0) is 3.63 Å². The number of hydrogen-bond donors (Lipinski definition) is 4. The fourth-order valence-electron chi connectivity index (χ4n) is 1.59. The summed E-state index contributed by atoms with van der Waals surface area (Å²) in [6, 6.07) is 0. The van der Waals surface area contributed by atoms with Crippen molar-refractivity contribution in [3.05, 3.63) is 0 Å². The third kappa shape index (κ3) is 6.06. The van der Waals surface area contributed by atoms with Crippen LogP contribution in [-0.4, -0.2) is 45.1 Å². The summed E-state index contributed by atoms with van der Waals surface area (Å²) in [5.41, 5.74) is 12.3. The number of nitrogens with one attached hydrogen (secondary N) is 4. The lowest BCUT2D eigenvalue weighted by Crippen LogP contribution is -2.45. The average Bonchev–Trinajstić information content (AvgIpc) is 3.02. The van der Waals surface area contributed by atoms with Gasteiger partial charge < -0.3 is 0 Å². The van der Waals surface area contributed by atoms with Crippen molar-refractivity contribution in [2.24, 2.45) is 0 Å². The largest absolute Gasteiger partial charge is 0.289 e. The molecule has 2 rings (SSSR count). The molecule has 2 aliphatic rings. The quantitative estimate of drug-likeness (QED) is 0.422. The molecule has 0 aromatic heterocycles. The topological polar surface area (TPSA) is 63.8 Å². The zero-order valence-electron chi connectivity index (χ0n) is 10.2. The van der Waals surface area contributed by atoms with E-state index in [0.29, 0.717) is 8.64 Å². The van der Waals surface area contributed by atoms with Crippen LogP contribution in [0.3, 0.4) is 0 Å². The molecular weight excluding hydrogens is 324 g/mol. The first-order chi connectivity index (χ1) is 9.24. The first-order valence-electron chi connectivity index (χ1n) is 5.88. The van der Waals surface area contributed by atoms with Crippen molar-refractivity contribution in [2.45, 2.75) is 12.8 Å². The van der Waals surface area contributed by atoms with Gasteiger partial charge in [-0.05, 0) is 37.3 Å². The van der Waals surface area contributed by atoms with Gasteiger partial charge in [0.05, 0.1) is 24.1 Å². The summed E-state index contributed by atoms with van der Waals surface area (Å²) in [6.07, 6.45) is 2.21. The van der Waals surface area contributed by atoms with Gasteiger partial charge in [0.1, 0.15) is 0 Å². The maximum atomic E-state index is 5.29. The van der Waals surface area contributed by atoms with Crippen molar-refractivity contribution in [1.82, 2.24) is 31.9 Å². The van der Waals surface area contributed by atoms with Gasteiger partial charge in [-0.25, -0.2) is 14.5 Å². The molecule has 2 saturated heterocycles. The molecule has 0 saturated carbocycles. The van der Waals surface area contributed by atoms with Crippen LogP contribution in [0.15, 0.2) is 0 Å². The first-order valence-corrected chi connectivity index (χ1v) is 8.18. The van der Waals surface area contributed by atoms with E-state index in [1.165, 1.54) is 0 Å². The molecule has 19 heavy (non-hydrogen) atoms. The molecule has 0 atom stereocenters. The lowest BCUT2D eigenvalue weighted by atomic mass is 10.5. The minimum Gasteiger partial charge on any atom is -0.289 e. The number of nitrogens with zero attached hydrogens (tertiary/aromatic N) is 2. The fraction of sp³-hybridized carbons (Fsp3) is 0.750. The summed E-state index contributed by atoms with van der Waals surface area (Å²) >= 11 is 12.4. The van der Waals surface area contributed by atoms with E-state index in [2.05, 4.69) is 21.7 Å². The molecule has 0 bridgehead atoms. The van der Waals surface area contributed by atoms with Gasteiger partial charge in [-0.2, -0.15) is 10.2 Å². The highest BCUT2D eigenvalue weighted by Gasteiger charge is 2.14. The van der Waals surface area contributed by atoms with E-state index in [1.807, 2.05) is 10.2 Å². The zero-order chi connectivity index (χ0) is 13.5. The second kappa shape index (κ2) is 8.54. The Kier molecular flexibility index (Phi) is 7.04. The number of rotatable bonds is 4. The lowest BCUT2D eigenvalue weighted by Gasteiger charge is -2.18. The molecule has 0 spiro atoms. The van der Waals surface area contributed by atoms with Gasteiger partial charge in [0.2, 0.25) is 0 Å². The molecule has 0 aliphatic carbocycles. The van der Waals surface area contributed by atoms with Crippen LogP contribution in [0, 0.1) is 0 Å². The van der Waals surface area contributed by atoms with Crippen LogP contribution in [0.25, 0.3) is 0 Å². The summed E-state index contributed by atoms with van der Waals surface area (Å²) in [6.45, 7) is 3.78. The van der Waals surface area contributed by atoms with Gasteiger partial charge in [-0.3, -0.25) is 10.9 Å². The molecule has 2 aliphatic heterocycles. The smallest absolute Gasteiger partial charge is 0.178 e. The van der Waals surface area contributed by atoms with Gasteiger partial charge in [0.25, 0.3) is 0 Å². The van der Waals surface area contributed by atoms with Crippen LogP contribution >= 0.6 is 48.5 Å². The standard InChI is InChI=1S/C8H16N6OS4/c16-7(11-13-5-1-3-9-13)18-15-19-8(17)12-14-6-2-4-10-14/h9-10H,1-6H2,(H,11,16)(H,12,17). The Morgan fingerprint density at radius 3 is 1.79 bits per heavy atom. The van der Waals surface area contributed by atoms with Gasteiger partial charge in [0.15, 0.2) is 8.64 Å². The molecule has 108 valence electrons. The Morgan fingerprint density at radius 2 is 1.42 bits per heavy atom. The van der Waals surface area contributed by atoms with Crippen molar-refractivity contribution in [2.75, 3.05) is 26.2 Å². The van der Waals surface area contributed by atoms with Crippen molar-refractivity contribution < 1.29 is 3.63 Å². The van der Waals surface area contributed by atoms with Gasteiger partial charge in [-0.1, -0.05) is 0 Å². The Morgan fingerprint density at radius 1 is 0.947 bits per heavy atom.